The highest BCUT2D eigenvalue weighted by atomic mass is 16.4. The van der Waals surface area contributed by atoms with E-state index in [1.54, 1.807) is 0 Å². The van der Waals surface area contributed by atoms with Gasteiger partial charge in [-0.2, -0.15) is 0 Å². The summed E-state index contributed by atoms with van der Waals surface area (Å²) in [6, 6.07) is -1.43. The lowest BCUT2D eigenvalue weighted by molar-refractivity contribution is -0.140. The molecule has 7 nitrogen and oxygen atoms in total. The number of hydrogen-bond acceptors (Lipinski definition) is 3. The molecule has 1 fully saturated rings. The molecule has 1 saturated carbocycles. The van der Waals surface area contributed by atoms with Crippen molar-refractivity contribution < 1.29 is 24.6 Å². The molecule has 0 spiro atoms. The third kappa shape index (κ3) is 5.03. The molecule has 1 rings (SSSR count). The van der Waals surface area contributed by atoms with Crippen LogP contribution in [0.5, 0.6) is 0 Å². The zero-order valence-electron chi connectivity index (χ0n) is 10.2. The van der Waals surface area contributed by atoms with Crippen molar-refractivity contribution in [2.75, 3.05) is 0 Å². The molecule has 0 aliphatic heterocycles. The van der Waals surface area contributed by atoms with Gasteiger partial charge in [0.25, 0.3) is 0 Å². The van der Waals surface area contributed by atoms with Gasteiger partial charge in [0, 0.05) is 12.5 Å². The highest BCUT2D eigenvalue weighted by Gasteiger charge is 2.34. The fourth-order valence-electron chi connectivity index (χ4n) is 1.61. The van der Waals surface area contributed by atoms with Gasteiger partial charge in [-0.1, -0.05) is 6.92 Å². The maximum Gasteiger partial charge on any atom is 0.326 e. The normalized spacial score (nSPS) is 22.9. The number of amides is 2. The summed E-state index contributed by atoms with van der Waals surface area (Å²) in [7, 11) is 0. The van der Waals surface area contributed by atoms with E-state index in [0.717, 1.165) is 6.42 Å². The summed E-state index contributed by atoms with van der Waals surface area (Å²) in [5.74, 6) is -1.69. The monoisotopic (exact) mass is 258 g/mol. The Bertz CT molecular complexity index is 344. The van der Waals surface area contributed by atoms with E-state index in [1.807, 2.05) is 6.92 Å². The molecule has 1 aliphatic carbocycles. The van der Waals surface area contributed by atoms with Crippen LogP contribution in [0.1, 0.15) is 32.6 Å². The van der Waals surface area contributed by atoms with Crippen LogP contribution in [0.15, 0.2) is 0 Å². The van der Waals surface area contributed by atoms with Crippen molar-refractivity contribution in [1.29, 1.82) is 0 Å². The number of carboxylic acids is 2. The van der Waals surface area contributed by atoms with Crippen molar-refractivity contribution in [3.05, 3.63) is 0 Å². The van der Waals surface area contributed by atoms with E-state index in [2.05, 4.69) is 10.6 Å². The number of carbonyl (C=O) groups is 3. The third-order valence-corrected chi connectivity index (χ3v) is 2.91. The topological polar surface area (TPSA) is 116 Å². The standard InChI is InChI=1S/C11H18N2O5/c1-6-5-8(6)13-11(18)12-7(10(16)17)3-2-4-9(14)15/h6-8H,2-5H2,1H3,(H,14,15)(H,16,17)(H2,12,13,18)/t6?,7-,8?/m1/s1. The molecule has 2 unspecified atom stereocenters. The lowest BCUT2D eigenvalue weighted by atomic mass is 10.1. The Kier molecular flexibility index (Phi) is 4.94. The summed E-state index contributed by atoms with van der Waals surface area (Å²) in [5, 5.41) is 22.4. The molecule has 0 saturated heterocycles. The second-order valence-electron chi connectivity index (χ2n) is 4.61. The van der Waals surface area contributed by atoms with Gasteiger partial charge in [-0.15, -0.1) is 0 Å². The molecular formula is C11H18N2O5. The number of carbonyl (C=O) groups excluding carboxylic acids is 1. The Morgan fingerprint density at radius 2 is 1.94 bits per heavy atom. The average Bonchev–Trinajstić information content (AvgIpc) is 2.91. The molecule has 0 aromatic heterocycles. The summed E-state index contributed by atoms with van der Waals surface area (Å²) in [5.41, 5.74) is 0. The zero-order valence-corrected chi connectivity index (χ0v) is 10.2. The van der Waals surface area contributed by atoms with Gasteiger partial charge in [0.15, 0.2) is 0 Å². The lowest BCUT2D eigenvalue weighted by Gasteiger charge is -2.14. The van der Waals surface area contributed by atoms with Gasteiger partial charge in [-0.05, 0) is 25.2 Å². The summed E-state index contributed by atoms with van der Waals surface area (Å²) in [4.78, 5) is 32.7. The van der Waals surface area contributed by atoms with Crippen molar-refractivity contribution in [2.45, 2.75) is 44.7 Å². The van der Waals surface area contributed by atoms with Gasteiger partial charge in [0.05, 0.1) is 0 Å². The van der Waals surface area contributed by atoms with Gasteiger partial charge in [0.2, 0.25) is 0 Å². The van der Waals surface area contributed by atoms with Crippen LogP contribution in [0.25, 0.3) is 0 Å². The molecular weight excluding hydrogens is 240 g/mol. The number of carboxylic acid groups (broad SMARTS) is 2. The molecule has 18 heavy (non-hydrogen) atoms. The summed E-state index contributed by atoms with van der Waals surface area (Å²) >= 11 is 0. The molecule has 0 radical (unpaired) electrons. The van der Waals surface area contributed by atoms with E-state index in [1.165, 1.54) is 0 Å². The van der Waals surface area contributed by atoms with E-state index in [-0.39, 0.29) is 25.3 Å². The van der Waals surface area contributed by atoms with E-state index in [0.29, 0.717) is 5.92 Å². The number of aliphatic carboxylic acids is 2. The lowest BCUT2D eigenvalue weighted by Crippen LogP contribution is -2.46. The minimum Gasteiger partial charge on any atom is -0.481 e. The maximum atomic E-state index is 11.4. The Labute approximate surface area is 105 Å². The number of nitrogens with one attached hydrogen (secondary N) is 2. The highest BCUT2D eigenvalue weighted by molar-refractivity contribution is 5.82. The van der Waals surface area contributed by atoms with Gasteiger partial charge >= 0.3 is 18.0 Å². The SMILES string of the molecule is CC1CC1NC(=O)N[C@H](CCCC(=O)O)C(=O)O. The van der Waals surface area contributed by atoms with Crippen LogP contribution in [0.4, 0.5) is 4.79 Å². The fraction of sp³-hybridized carbons (Fsp3) is 0.727. The smallest absolute Gasteiger partial charge is 0.326 e. The predicted octanol–water partition coefficient (Wildman–Crippen LogP) is 0.402. The van der Waals surface area contributed by atoms with Crippen LogP contribution in [-0.2, 0) is 9.59 Å². The zero-order chi connectivity index (χ0) is 13.7. The molecule has 0 aromatic carbocycles. The van der Waals surface area contributed by atoms with Crippen LogP contribution < -0.4 is 10.6 Å². The number of rotatable bonds is 7. The summed E-state index contributed by atoms with van der Waals surface area (Å²) < 4.78 is 0. The molecule has 1 aliphatic rings. The van der Waals surface area contributed by atoms with Crippen molar-refractivity contribution in [2.24, 2.45) is 5.92 Å². The fourth-order valence-corrected chi connectivity index (χ4v) is 1.61. The van der Waals surface area contributed by atoms with Crippen molar-refractivity contribution in [3.63, 3.8) is 0 Å². The van der Waals surface area contributed by atoms with Crippen LogP contribution in [0, 0.1) is 5.92 Å². The first kappa shape index (κ1) is 14.3. The minimum absolute atomic E-state index is 0.104. The molecule has 2 amide bonds. The molecule has 0 heterocycles. The van der Waals surface area contributed by atoms with Gasteiger partial charge in [-0.3, -0.25) is 4.79 Å². The first-order valence-electron chi connectivity index (χ1n) is 5.91. The minimum atomic E-state index is -1.15. The Balaban J connectivity index is 2.30. The number of urea groups is 1. The Morgan fingerprint density at radius 1 is 1.33 bits per heavy atom. The molecule has 3 atom stereocenters. The van der Waals surface area contributed by atoms with E-state index in [9.17, 15) is 14.4 Å². The molecule has 0 bridgehead atoms. The van der Waals surface area contributed by atoms with Gasteiger partial charge in [0.1, 0.15) is 6.04 Å². The predicted molar refractivity (Wildman–Crippen MR) is 62.1 cm³/mol. The van der Waals surface area contributed by atoms with Gasteiger partial charge in [-0.25, -0.2) is 9.59 Å². The average molecular weight is 258 g/mol. The van der Waals surface area contributed by atoms with E-state index >= 15 is 0 Å². The molecule has 7 heteroatoms. The Morgan fingerprint density at radius 3 is 2.39 bits per heavy atom. The van der Waals surface area contributed by atoms with Crippen molar-refractivity contribution in [3.8, 4) is 0 Å². The van der Waals surface area contributed by atoms with E-state index < -0.39 is 24.0 Å². The maximum absolute atomic E-state index is 11.4. The number of hydrogen-bond donors (Lipinski definition) is 4. The molecule has 4 N–H and O–H groups in total. The van der Waals surface area contributed by atoms with Crippen LogP contribution in [0.3, 0.4) is 0 Å². The van der Waals surface area contributed by atoms with E-state index in [4.69, 9.17) is 10.2 Å². The second-order valence-corrected chi connectivity index (χ2v) is 4.61. The summed E-state index contributed by atoms with van der Waals surface area (Å²) in [6.45, 7) is 1.99. The molecule has 102 valence electrons. The Hall–Kier alpha value is -1.79. The first-order valence-corrected chi connectivity index (χ1v) is 5.91. The van der Waals surface area contributed by atoms with Crippen molar-refractivity contribution in [1.82, 2.24) is 10.6 Å². The van der Waals surface area contributed by atoms with Gasteiger partial charge < -0.3 is 20.8 Å². The van der Waals surface area contributed by atoms with Crippen LogP contribution >= 0.6 is 0 Å². The largest absolute Gasteiger partial charge is 0.481 e. The van der Waals surface area contributed by atoms with Crippen LogP contribution in [-0.4, -0.2) is 40.3 Å². The first-order chi connectivity index (χ1) is 8.40. The van der Waals surface area contributed by atoms with Crippen molar-refractivity contribution >= 4 is 18.0 Å². The molecule has 0 aromatic rings. The highest BCUT2D eigenvalue weighted by Crippen LogP contribution is 2.28. The van der Waals surface area contributed by atoms with Crippen LogP contribution in [0.2, 0.25) is 0 Å². The second kappa shape index (κ2) is 6.23. The summed E-state index contributed by atoms with van der Waals surface area (Å²) in [6.07, 6.45) is 1.12. The quantitative estimate of drug-likeness (QED) is 0.527. The third-order valence-electron chi connectivity index (χ3n) is 2.91.